The maximum absolute atomic E-state index is 12.7. The van der Waals surface area contributed by atoms with E-state index in [1.165, 1.54) is 32.1 Å². The Labute approximate surface area is 151 Å². The van der Waals surface area contributed by atoms with Crippen LogP contribution in [-0.4, -0.2) is 48.3 Å². The number of nitrogens with zero attached hydrogens (tertiary/aromatic N) is 1. The van der Waals surface area contributed by atoms with Crippen LogP contribution < -0.4 is 0 Å². The molecule has 25 heavy (non-hydrogen) atoms. The predicted octanol–water partition coefficient (Wildman–Crippen LogP) is 3.24. The van der Waals surface area contributed by atoms with Gasteiger partial charge in [0.2, 0.25) is 0 Å². The van der Waals surface area contributed by atoms with Crippen molar-refractivity contribution in [1.29, 1.82) is 0 Å². The first kappa shape index (κ1) is 16.6. The Morgan fingerprint density at radius 2 is 2.08 bits per heavy atom. The summed E-state index contributed by atoms with van der Waals surface area (Å²) in [5.41, 5.74) is 0.235. The number of piperidine rings is 1. The van der Waals surface area contributed by atoms with Crippen LogP contribution in [0.15, 0.2) is 0 Å². The summed E-state index contributed by atoms with van der Waals surface area (Å²) in [6, 6.07) is 0. The fourth-order valence-electron chi connectivity index (χ4n) is 7.17. The van der Waals surface area contributed by atoms with Crippen molar-refractivity contribution in [2.75, 3.05) is 19.6 Å². The number of hydrogen-bond donors (Lipinski definition) is 0. The van der Waals surface area contributed by atoms with E-state index >= 15 is 0 Å². The van der Waals surface area contributed by atoms with Crippen LogP contribution in [-0.2, 0) is 14.3 Å². The number of likely N-dealkylation sites (tertiary alicyclic amines) is 1. The van der Waals surface area contributed by atoms with Gasteiger partial charge >= 0.3 is 5.97 Å². The van der Waals surface area contributed by atoms with E-state index in [1.54, 1.807) is 0 Å². The van der Waals surface area contributed by atoms with E-state index in [1.807, 2.05) is 0 Å². The normalized spacial score (nSPS) is 55.1. The molecule has 2 saturated carbocycles. The highest BCUT2D eigenvalue weighted by Gasteiger charge is 2.78. The van der Waals surface area contributed by atoms with Crippen LogP contribution in [0.1, 0.15) is 59.3 Å². The van der Waals surface area contributed by atoms with Crippen molar-refractivity contribution in [3.05, 3.63) is 0 Å². The summed E-state index contributed by atoms with van der Waals surface area (Å²) in [4.78, 5) is 15.3. The molecule has 0 bridgehead atoms. The molecule has 0 unspecified atom stereocenters. The van der Waals surface area contributed by atoms with Crippen LogP contribution in [0.3, 0.4) is 0 Å². The lowest BCUT2D eigenvalue weighted by Gasteiger charge is -2.49. The van der Waals surface area contributed by atoms with Crippen molar-refractivity contribution in [3.8, 4) is 0 Å². The second-order valence-corrected chi connectivity index (χ2v) is 10.1. The Morgan fingerprint density at radius 3 is 2.88 bits per heavy atom. The largest absolute Gasteiger partial charge is 0.462 e. The third-order valence-corrected chi connectivity index (χ3v) is 8.39. The third-order valence-electron chi connectivity index (χ3n) is 8.39. The van der Waals surface area contributed by atoms with E-state index in [2.05, 4.69) is 25.7 Å². The minimum absolute atomic E-state index is 0.0263. The summed E-state index contributed by atoms with van der Waals surface area (Å²) in [5.74, 6) is 1.73. The standard InChI is InChI=1S/C21H33NO3/c1-13-6-5-9-22(11-13)12-15-17-16(24-19(15)23)10-20(3)8-4-7-14(2)21(20)18(17)25-21/h13-18H,4-12H2,1-3H3/t13-,14+,15-,16-,17+,18-,20-,21-/m0/s1. The summed E-state index contributed by atoms with van der Waals surface area (Å²) < 4.78 is 12.5. The third kappa shape index (κ3) is 2.22. The maximum Gasteiger partial charge on any atom is 0.311 e. The van der Waals surface area contributed by atoms with Crippen LogP contribution in [0.5, 0.6) is 0 Å². The van der Waals surface area contributed by atoms with E-state index in [4.69, 9.17) is 9.47 Å². The number of esters is 1. The lowest BCUT2D eigenvalue weighted by Crippen LogP contribution is -2.54. The van der Waals surface area contributed by atoms with Crippen molar-refractivity contribution in [2.24, 2.45) is 29.1 Å². The van der Waals surface area contributed by atoms with Crippen molar-refractivity contribution in [3.63, 3.8) is 0 Å². The van der Waals surface area contributed by atoms with Crippen molar-refractivity contribution in [2.45, 2.75) is 77.1 Å². The zero-order chi connectivity index (χ0) is 17.4. The minimum Gasteiger partial charge on any atom is -0.462 e. The first-order valence-electron chi connectivity index (χ1n) is 10.6. The molecule has 0 aromatic heterocycles. The molecule has 4 heteroatoms. The summed E-state index contributed by atoms with van der Waals surface area (Å²) in [6.07, 6.45) is 7.72. The number of hydrogen-bond acceptors (Lipinski definition) is 4. The lowest BCUT2D eigenvalue weighted by molar-refractivity contribution is -0.146. The zero-order valence-corrected chi connectivity index (χ0v) is 16.0. The molecule has 4 nitrogen and oxygen atoms in total. The average molecular weight is 347 g/mol. The molecule has 0 aromatic rings. The first-order valence-corrected chi connectivity index (χ1v) is 10.6. The number of carbonyl (C=O) groups excluding carboxylic acids is 1. The van der Waals surface area contributed by atoms with E-state index in [9.17, 15) is 4.79 Å². The molecule has 5 aliphatic rings. The highest BCUT2D eigenvalue weighted by atomic mass is 16.6. The Balaban J connectivity index is 1.39. The fourth-order valence-corrected chi connectivity index (χ4v) is 7.17. The van der Waals surface area contributed by atoms with Crippen LogP contribution in [0.2, 0.25) is 0 Å². The van der Waals surface area contributed by atoms with Crippen molar-refractivity contribution >= 4 is 5.97 Å². The molecule has 3 saturated heterocycles. The monoisotopic (exact) mass is 347 g/mol. The molecule has 8 atom stereocenters. The van der Waals surface area contributed by atoms with Gasteiger partial charge in [0.25, 0.3) is 0 Å². The van der Waals surface area contributed by atoms with Crippen LogP contribution in [0, 0.1) is 29.1 Å². The molecule has 3 heterocycles. The maximum atomic E-state index is 12.7. The van der Waals surface area contributed by atoms with Crippen molar-refractivity contribution in [1.82, 2.24) is 4.90 Å². The van der Waals surface area contributed by atoms with E-state index in [0.29, 0.717) is 11.8 Å². The topological polar surface area (TPSA) is 42.1 Å². The van der Waals surface area contributed by atoms with Crippen LogP contribution >= 0.6 is 0 Å². The van der Waals surface area contributed by atoms with Gasteiger partial charge in [0, 0.05) is 24.4 Å². The number of carbonyl (C=O) groups is 1. The summed E-state index contributed by atoms with van der Waals surface area (Å²) in [7, 11) is 0. The number of ether oxygens (including phenoxy) is 2. The van der Waals surface area contributed by atoms with Gasteiger partial charge < -0.3 is 14.4 Å². The molecule has 140 valence electrons. The van der Waals surface area contributed by atoms with Crippen LogP contribution in [0.25, 0.3) is 0 Å². The van der Waals surface area contributed by atoms with Gasteiger partial charge in [-0.05, 0) is 50.5 Å². The molecule has 0 amide bonds. The molecule has 0 N–H and O–H groups in total. The molecular weight excluding hydrogens is 314 g/mol. The molecule has 5 rings (SSSR count). The Bertz CT molecular complexity index is 579. The van der Waals surface area contributed by atoms with E-state index in [-0.39, 0.29) is 35.1 Å². The van der Waals surface area contributed by atoms with Gasteiger partial charge in [-0.25, -0.2) is 0 Å². The highest BCUT2D eigenvalue weighted by molar-refractivity contribution is 5.76. The first-order chi connectivity index (χ1) is 11.9. The van der Waals surface area contributed by atoms with Gasteiger partial charge in [-0.2, -0.15) is 0 Å². The van der Waals surface area contributed by atoms with Gasteiger partial charge in [-0.3, -0.25) is 4.79 Å². The fraction of sp³-hybridized carbons (Fsp3) is 0.952. The molecule has 0 radical (unpaired) electrons. The molecular formula is C21H33NO3. The van der Waals surface area contributed by atoms with Gasteiger partial charge in [0.15, 0.2) is 0 Å². The molecule has 1 spiro atoms. The Kier molecular flexibility index (Phi) is 3.61. The number of rotatable bonds is 2. The average Bonchev–Trinajstić information content (AvgIpc) is 3.23. The molecule has 0 aromatic carbocycles. The second-order valence-electron chi connectivity index (χ2n) is 10.1. The molecule has 5 fully saturated rings. The SMILES string of the molecule is C[C@H]1CCCN(C[C@@H]2C(=O)O[C@H]3C[C@]4(C)CCC[C@@H](C)[C@@]45O[C@H]5[C@@H]32)C1. The van der Waals surface area contributed by atoms with Gasteiger partial charge in [0.1, 0.15) is 11.7 Å². The van der Waals surface area contributed by atoms with E-state index < -0.39 is 0 Å². The highest BCUT2D eigenvalue weighted by Crippen LogP contribution is 2.70. The molecule has 2 aliphatic carbocycles. The quantitative estimate of drug-likeness (QED) is 0.568. The lowest BCUT2D eigenvalue weighted by atomic mass is 9.53. The van der Waals surface area contributed by atoms with Crippen molar-refractivity contribution < 1.29 is 14.3 Å². The Morgan fingerprint density at radius 1 is 1.24 bits per heavy atom. The minimum atomic E-state index is 0.0263. The number of epoxide rings is 1. The summed E-state index contributed by atoms with van der Waals surface area (Å²) in [6.45, 7) is 10.2. The predicted molar refractivity (Wildman–Crippen MR) is 95.0 cm³/mol. The van der Waals surface area contributed by atoms with E-state index in [0.717, 1.165) is 32.0 Å². The second kappa shape index (κ2) is 5.45. The van der Waals surface area contributed by atoms with Gasteiger partial charge in [-0.1, -0.05) is 27.2 Å². The van der Waals surface area contributed by atoms with Gasteiger partial charge in [-0.15, -0.1) is 0 Å². The van der Waals surface area contributed by atoms with Gasteiger partial charge in [0.05, 0.1) is 12.0 Å². The molecule has 3 aliphatic heterocycles. The number of fused-ring (bicyclic) bond motifs is 2. The summed E-state index contributed by atoms with van der Waals surface area (Å²) >= 11 is 0. The summed E-state index contributed by atoms with van der Waals surface area (Å²) in [5, 5.41) is 0. The smallest absolute Gasteiger partial charge is 0.311 e. The Hall–Kier alpha value is -0.610. The van der Waals surface area contributed by atoms with Crippen LogP contribution in [0.4, 0.5) is 0 Å². The zero-order valence-electron chi connectivity index (χ0n) is 16.0.